The van der Waals surface area contributed by atoms with E-state index in [1.165, 1.54) is 103 Å². The van der Waals surface area contributed by atoms with Crippen molar-refractivity contribution in [3.8, 4) is 0 Å². The summed E-state index contributed by atoms with van der Waals surface area (Å²) in [5.41, 5.74) is 0. The molecule has 0 saturated heterocycles. The molecule has 0 rings (SSSR count). The number of hydrogen-bond acceptors (Lipinski definition) is 10. The van der Waals surface area contributed by atoms with Crippen molar-refractivity contribution in [3.05, 3.63) is 60.8 Å². The van der Waals surface area contributed by atoms with Gasteiger partial charge in [-0.05, 0) is 83.5 Å². The van der Waals surface area contributed by atoms with Crippen LogP contribution in [0.5, 0.6) is 0 Å². The fourth-order valence-electron chi connectivity index (χ4n) is 7.99. The molecule has 0 amide bonds. The van der Waals surface area contributed by atoms with Gasteiger partial charge < -0.3 is 24.2 Å². The van der Waals surface area contributed by atoms with Gasteiger partial charge in [0.2, 0.25) is 0 Å². The molecule has 0 aromatic rings. The van der Waals surface area contributed by atoms with E-state index in [9.17, 15) is 28.9 Å². The van der Waals surface area contributed by atoms with E-state index < -0.39 is 57.8 Å². The fraction of sp³-hybridized carbons (Fsp3) is 0.783. The average molecular weight is 1040 g/mol. The molecule has 0 fully saturated rings. The molecular weight excluding hydrogens is 928 g/mol. The van der Waals surface area contributed by atoms with Crippen LogP contribution in [0.3, 0.4) is 0 Å². The molecule has 418 valence electrons. The standard InChI is InChI=1S/C60H107O11P/c1-4-7-10-13-16-19-22-24-26-28-30-32-35-37-40-43-46-49-58(62)67-53-57(71-60(64)51-48-45-42-39-36-33-31-29-27-25-23-20-17-14-11-8-5-2)55-69-72(65,66)68-54-56(52-61)70-59(63)50-47-44-41-38-34-21-18-15-12-9-6-3/h7,10,16,19,24-27,30,32,56-57,61H,4-6,8-9,11-15,17-18,20-23,28-29,31,33-55H2,1-3H3,(H,65,66)/b10-7-,19-16-,26-24-,27-25-,32-30-. The molecule has 72 heavy (non-hydrogen) atoms. The number of allylic oxidation sites excluding steroid dienone is 10. The van der Waals surface area contributed by atoms with Gasteiger partial charge in [-0.3, -0.25) is 23.4 Å². The molecule has 0 aliphatic carbocycles. The molecule has 3 atom stereocenters. The lowest BCUT2D eigenvalue weighted by Gasteiger charge is -2.21. The molecule has 0 aliphatic rings. The maximum absolute atomic E-state index is 12.9. The van der Waals surface area contributed by atoms with Crippen LogP contribution in [0.4, 0.5) is 0 Å². The molecular formula is C60H107O11P. The number of phosphoric ester groups is 1. The second-order valence-electron chi connectivity index (χ2n) is 19.4. The number of aliphatic hydroxyl groups excluding tert-OH is 1. The van der Waals surface area contributed by atoms with Crippen molar-refractivity contribution >= 4 is 25.7 Å². The zero-order valence-corrected chi connectivity index (χ0v) is 47.0. The number of phosphoric acid groups is 1. The van der Waals surface area contributed by atoms with Gasteiger partial charge in [-0.1, -0.05) is 223 Å². The van der Waals surface area contributed by atoms with Gasteiger partial charge in [-0.25, -0.2) is 4.57 Å². The number of carbonyl (C=O) groups excluding carboxylic acids is 3. The van der Waals surface area contributed by atoms with E-state index in [4.69, 9.17) is 23.3 Å². The Balaban J connectivity index is 4.76. The van der Waals surface area contributed by atoms with Gasteiger partial charge in [0.1, 0.15) is 12.7 Å². The fourth-order valence-corrected chi connectivity index (χ4v) is 8.77. The Bertz CT molecular complexity index is 1440. The van der Waals surface area contributed by atoms with Gasteiger partial charge in [0, 0.05) is 19.3 Å². The smallest absolute Gasteiger partial charge is 0.462 e. The third kappa shape index (κ3) is 52.1. The van der Waals surface area contributed by atoms with Gasteiger partial charge in [0.25, 0.3) is 0 Å². The van der Waals surface area contributed by atoms with Crippen molar-refractivity contribution < 1.29 is 52.2 Å². The molecule has 0 heterocycles. The second kappa shape index (κ2) is 54.4. The summed E-state index contributed by atoms with van der Waals surface area (Å²) in [5, 5.41) is 9.79. The van der Waals surface area contributed by atoms with Crippen molar-refractivity contribution in [2.75, 3.05) is 26.4 Å². The molecule has 0 radical (unpaired) electrons. The maximum atomic E-state index is 12.9. The minimum absolute atomic E-state index is 0.158. The van der Waals surface area contributed by atoms with Crippen LogP contribution in [-0.2, 0) is 42.2 Å². The van der Waals surface area contributed by atoms with Crippen molar-refractivity contribution in [1.82, 2.24) is 0 Å². The van der Waals surface area contributed by atoms with Crippen LogP contribution in [0, 0.1) is 0 Å². The molecule has 0 saturated carbocycles. The number of carbonyl (C=O) groups is 3. The molecule has 0 aliphatic heterocycles. The molecule has 3 unspecified atom stereocenters. The first-order valence-electron chi connectivity index (χ1n) is 29.2. The molecule has 0 spiro atoms. The van der Waals surface area contributed by atoms with Gasteiger partial charge in [-0.15, -0.1) is 0 Å². The van der Waals surface area contributed by atoms with Crippen molar-refractivity contribution in [2.45, 2.75) is 277 Å². The van der Waals surface area contributed by atoms with E-state index in [-0.39, 0.29) is 25.9 Å². The van der Waals surface area contributed by atoms with E-state index in [0.717, 1.165) is 103 Å². The maximum Gasteiger partial charge on any atom is 0.472 e. The van der Waals surface area contributed by atoms with Crippen LogP contribution in [-0.4, -0.2) is 66.5 Å². The summed E-state index contributed by atoms with van der Waals surface area (Å²) >= 11 is 0. The lowest BCUT2D eigenvalue weighted by Crippen LogP contribution is -2.30. The van der Waals surface area contributed by atoms with Crippen LogP contribution in [0.15, 0.2) is 60.8 Å². The van der Waals surface area contributed by atoms with E-state index in [1.54, 1.807) is 0 Å². The summed E-state index contributed by atoms with van der Waals surface area (Å²) in [6, 6.07) is 0. The second-order valence-corrected chi connectivity index (χ2v) is 20.9. The van der Waals surface area contributed by atoms with E-state index >= 15 is 0 Å². The zero-order valence-electron chi connectivity index (χ0n) is 46.1. The van der Waals surface area contributed by atoms with Crippen LogP contribution >= 0.6 is 7.82 Å². The number of aliphatic hydroxyl groups is 1. The third-order valence-corrected chi connectivity index (χ3v) is 13.4. The quantitative estimate of drug-likeness (QED) is 0.0197. The van der Waals surface area contributed by atoms with Gasteiger partial charge >= 0.3 is 25.7 Å². The summed E-state index contributed by atoms with van der Waals surface area (Å²) in [6.45, 7) is 4.51. The highest BCUT2D eigenvalue weighted by Gasteiger charge is 2.28. The normalized spacial score (nSPS) is 13.8. The van der Waals surface area contributed by atoms with Gasteiger partial charge in [-0.2, -0.15) is 0 Å². The summed E-state index contributed by atoms with van der Waals surface area (Å²) < 4.78 is 39.5. The highest BCUT2D eigenvalue weighted by molar-refractivity contribution is 7.47. The summed E-state index contributed by atoms with van der Waals surface area (Å²) in [6.07, 6.45) is 58.9. The first kappa shape index (κ1) is 69.2. The van der Waals surface area contributed by atoms with E-state index in [2.05, 4.69) is 81.5 Å². The Morgan fingerprint density at radius 2 is 0.722 bits per heavy atom. The number of ether oxygens (including phenoxy) is 3. The first-order valence-corrected chi connectivity index (χ1v) is 30.7. The van der Waals surface area contributed by atoms with Crippen molar-refractivity contribution in [3.63, 3.8) is 0 Å². The number of hydrogen-bond donors (Lipinski definition) is 2. The minimum atomic E-state index is -4.75. The van der Waals surface area contributed by atoms with Crippen molar-refractivity contribution in [1.29, 1.82) is 0 Å². The van der Waals surface area contributed by atoms with Crippen LogP contribution in [0.25, 0.3) is 0 Å². The SMILES string of the molecule is CC/C=C\C/C=C\C/C=C\C/C=C\CCCCCCC(=O)OCC(COP(=O)(O)OCC(CO)OC(=O)CCCCCCCCCCCCC)OC(=O)CCCCCCCCC/C=C\CCCCCCCC. The Labute approximate surface area is 440 Å². The highest BCUT2D eigenvalue weighted by atomic mass is 31.2. The van der Waals surface area contributed by atoms with Crippen LogP contribution in [0.2, 0.25) is 0 Å². The summed E-state index contributed by atoms with van der Waals surface area (Å²) in [4.78, 5) is 48.5. The molecule has 2 N–H and O–H groups in total. The van der Waals surface area contributed by atoms with Crippen LogP contribution in [0.1, 0.15) is 265 Å². The van der Waals surface area contributed by atoms with E-state index in [0.29, 0.717) is 19.3 Å². The highest BCUT2D eigenvalue weighted by Crippen LogP contribution is 2.43. The van der Waals surface area contributed by atoms with Gasteiger partial charge in [0.15, 0.2) is 6.10 Å². The third-order valence-electron chi connectivity index (χ3n) is 12.4. The zero-order chi connectivity index (χ0) is 52.7. The predicted octanol–water partition coefficient (Wildman–Crippen LogP) is 17.1. The Hall–Kier alpha value is -2.82. The average Bonchev–Trinajstić information content (AvgIpc) is 3.37. The Morgan fingerprint density at radius 1 is 0.403 bits per heavy atom. The molecule has 0 aromatic carbocycles. The minimum Gasteiger partial charge on any atom is -0.462 e. The van der Waals surface area contributed by atoms with Gasteiger partial charge in [0.05, 0.1) is 19.8 Å². The first-order chi connectivity index (χ1) is 35.2. The van der Waals surface area contributed by atoms with Crippen LogP contribution < -0.4 is 0 Å². The monoisotopic (exact) mass is 1030 g/mol. The summed E-state index contributed by atoms with van der Waals surface area (Å²) in [5.74, 6) is -1.49. The lowest BCUT2D eigenvalue weighted by atomic mass is 10.1. The lowest BCUT2D eigenvalue weighted by molar-refractivity contribution is -0.161. The topological polar surface area (TPSA) is 155 Å². The Morgan fingerprint density at radius 3 is 1.12 bits per heavy atom. The molecule has 11 nitrogen and oxygen atoms in total. The summed E-state index contributed by atoms with van der Waals surface area (Å²) in [7, 11) is -4.75. The molecule has 0 aromatic heterocycles. The number of esters is 3. The predicted molar refractivity (Wildman–Crippen MR) is 298 cm³/mol. The largest absolute Gasteiger partial charge is 0.472 e. The Kier molecular flexibility index (Phi) is 52.3. The number of rotatable bonds is 54. The van der Waals surface area contributed by atoms with Crippen molar-refractivity contribution in [2.24, 2.45) is 0 Å². The molecule has 12 heteroatoms. The van der Waals surface area contributed by atoms with E-state index in [1.807, 2.05) is 0 Å². The molecule has 0 bridgehead atoms. The number of unbranched alkanes of at least 4 members (excludes halogenated alkanes) is 27.